The number of piperazine rings is 1. The van der Waals surface area contributed by atoms with Crippen LogP contribution in [-0.4, -0.2) is 52.0 Å². The normalized spacial score (nSPS) is 31.9. The first-order valence-corrected chi connectivity index (χ1v) is 10.1. The summed E-state index contributed by atoms with van der Waals surface area (Å²) in [7, 11) is 1.64. The van der Waals surface area contributed by atoms with Crippen molar-refractivity contribution in [1.82, 2.24) is 14.8 Å². The lowest BCUT2D eigenvalue weighted by molar-refractivity contribution is -0.171. The van der Waals surface area contributed by atoms with Crippen LogP contribution in [0.2, 0.25) is 0 Å². The summed E-state index contributed by atoms with van der Waals surface area (Å²) in [6, 6.07) is 5.15. The van der Waals surface area contributed by atoms with Crippen molar-refractivity contribution in [3.63, 3.8) is 0 Å². The smallest absolute Gasteiger partial charge is 0.280 e. The van der Waals surface area contributed by atoms with Gasteiger partial charge in [-0.2, -0.15) is 0 Å². The summed E-state index contributed by atoms with van der Waals surface area (Å²) in [6.07, 6.45) is 3.21. The van der Waals surface area contributed by atoms with E-state index < -0.39 is 11.8 Å². The van der Waals surface area contributed by atoms with Crippen molar-refractivity contribution in [2.45, 2.75) is 50.6 Å². The Balaban J connectivity index is 1.61. The number of allylic oxidation sites excluding steroid dienone is 1. The summed E-state index contributed by atoms with van der Waals surface area (Å²) in [4.78, 5) is 34.0. The maximum atomic E-state index is 13.5. The van der Waals surface area contributed by atoms with Crippen LogP contribution in [0.4, 0.5) is 0 Å². The highest BCUT2D eigenvalue weighted by molar-refractivity contribution is 6.04. The molecule has 3 saturated heterocycles. The molecule has 2 amide bonds. The molecule has 1 aromatic carbocycles. The molecule has 29 heavy (non-hydrogen) atoms. The van der Waals surface area contributed by atoms with Crippen LogP contribution in [0.25, 0.3) is 10.9 Å². The Labute approximate surface area is 168 Å². The number of ether oxygens (including phenoxy) is 2. The quantitative estimate of drug-likeness (QED) is 0.629. The SMILES string of the molecule is COc1ccc2c3c([nH]c2c1)C(C=C(C)C)N1C(=O)C2CCCN2C(=O)C12OC32. The van der Waals surface area contributed by atoms with Crippen LogP contribution in [0.1, 0.15) is 50.1 Å². The van der Waals surface area contributed by atoms with Gasteiger partial charge in [0.1, 0.15) is 17.9 Å². The summed E-state index contributed by atoms with van der Waals surface area (Å²) in [6.45, 7) is 4.65. The van der Waals surface area contributed by atoms with Crippen molar-refractivity contribution in [3.05, 3.63) is 41.1 Å². The first-order valence-electron chi connectivity index (χ1n) is 10.1. The molecule has 4 atom stereocenters. The fourth-order valence-corrected chi connectivity index (χ4v) is 5.45. The van der Waals surface area contributed by atoms with Gasteiger partial charge in [0.05, 0.1) is 13.2 Å². The van der Waals surface area contributed by atoms with Crippen LogP contribution in [0, 0.1) is 0 Å². The van der Waals surface area contributed by atoms with Gasteiger partial charge in [-0.1, -0.05) is 11.6 Å². The molecule has 7 nitrogen and oxygen atoms in total. The Bertz CT molecular complexity index is 1110. The van der Waals surface area contributed by atoms with Crippen LogP contribution in [0.15, 0.2) is 29.8 Å². The predicted molar refractivity (Wildman–Crippen MR) is 105 cm³/mol. The molecule has 1 N–H and O–H groups in total. The fraction of sp³-hybridized carbons (Fsp3) is 0.455. The molecule has 4 aliphatic rings. The predicted octanol–water partition coefficient (Wildman–Crippen LogP) is 2.80. The Hall–Kier alpha value is -2.80. The molecule has 6 rings (SSSR count). The minimum absolute atomic E-state index is 0.00557. The molecule has 7 heteroatoms. The monoisotopic (exact) mass is 393 g/mol. The molecule has 0 saturated carbocycles. The summed E-state index contributed by atoms with van der Waals surface area (Å²) >= 11 is 0. The van der Waals surface area contributed by atoms with Gasteiger partial charge >= 0.3 is 0 Å². The lowest BCUT2D eigenvalue weighted by Crippen LogP contribution is -2.66. The Morgan fingerprint density at radius 3 is 2.93 bits per heavy atom. The number of carbonyl (C=O) groups excluding carboxylic acids is 2. The van der Waals surface area contributed by atoms with Crippen LogP contribution in [-0.2, 0) is 14.3 Å². The van der Waals surface area contributed by atoms with E-state index in [0.717, 1.165) is 46.3 Å². The topological polar surface area (TPSA) is 78.2 Å². The number of fused-ring (bicyclic) bond motifs is 5. The molecule has 0 radical (unpaired) electrons. The molecule has 2 aromatic rings. The first kappa shape index (κ1) is 17.1. The minimum atomic E-state index is -1.20. The third-order valence-corrected chi connectivity index (χ3v) is 6.70. The standard InChI is InChI=1S/C22H23N3O4/c1-11(2)9-16-18-17(13-7-6-12(28-3)10-14(13)23-18)19-22(29-19)21(27)24-8-4-5-15(24)20(26)25(16)22/h6-7,9-10,15-16,19,23H,4-5,8H2,1-3H3. The van der Waals surface area contributed by atoms with Crippen molar-refractivity contribution in [1.29, 1.82) is 0 Å². The molecule has 0 bridgehead atoms. The van der Waals surface area contributed by atoms with Gasteiger partial charge in [0.2, 0.25) is 5.91 Å². The number of hydrogen-bond acceptors (Lipinski definition) is 4. The number of aromatic nitrogens is 1. The van der Waals surface area contributed by atoms with E-state index in [2.05, 4.69) is 11.1 Å². The summed E-state index contributed by atoms with van der Waals surface area (Å²) < 4.78 is 11.5. The van der Waals surface area contributed by atoms with Crippen molar-refractivity contribution >= 4 is 22.7 Å². The Kier molecular flexibility index (Phi) is 3.19. The summed E-state index contributed by atoms with van der Waals surface area (Å²) in [5.41, 5.74) is 2.73. The number of rotatable bonds is 2. The molecule has 3 fully saturated rings. The van der Waals surface area contributed by atoms with Crippen LogP contribution in [0.3, 0.4) is 0 Å². The first-order chi connectivity index (χ1) is 14.0. The van der Waals surface area contributed by atoms with Gasteiger partial charge in [0.15, 0.2) is 0 Å². The number of aromatic amines is 1. The van der Waals surface area contributed by atoms with Gasteiger partial charge in [-0.25, -0.2) is 0 Å². The van der Waals surface area contributed by atoms with Gasteiger partial charge in [-0.15, -0.1) is 0 Å². The van der Waals surface area contributed by atoms with Crippen LogP contribution >= 0.6 is 0 Å². The number of hydrogen-bond donors (Lipinski definition) is 1. The number of H-pyrrole nitrogens is 1. The third-order valence-electron chi connectivity index (χ3n) is 6.70. The average molecular weight is 393 g/mol. The van der Waals surface area contributed by atoms with Crippen molar-refractivity contribution < 1.29 is 19.1 Å². The van der Waals surface area contributed by atoms with E-state index in [-0.39, 0.29) is 23.9 Å². The van der Waals surface area contributed by atoms with Crippen LogP contribution in [0.5, 0.6) is 5.75 Å². The zero-order valence-electron chi connectivity index (χ0n) is 16.7. The van der Waals surface area contributed by atoms with Gasteiger partial charge in [0, 0.05) is 34.8 Å². The van der Waals surface area contributed by atoms with Crippen LogP contribution < -0.4 is 4.74 Å². The van der Waals surface area contributed by atoms with Crippen molar-refractivity contribution in [3.8, 4) is 5.75 Å². The Morgan fingerprint density at radius 2 is 2.17 bits per heavy atom. The highest BCUT2D eigenvalue weighted by atomic mass is 16.6. The van der Waals surface area contributed by atoms with Crippen molar-refractivity contribution in [2.75, 3.05) is 13.7 Å². The molecule has 1 aromatic heterocycles. The maximum Gasteiger partial charge on any atom is 0.280 e. The zero-order chi connectivity index (χ0) is 20.1. The van der Waals surface area contributed by atoms with Crippen molar-refractivity contribution in [2.24, 2.45) is 0 Å². The van der Waals surface area contributed by atoms with Gasteiger partial charge in [0.25, 0.3) is 11.6 Å². The van der Waals surface area contributed by atoms with E-state index in [9.17, 15) is 9.59 Å². The number of methoxy groups -OCH3 is 1. The molecule has 5 heterocycles. The number of benzene rings is 1. The summed E-state index contributed by atoms with van der Waals surface area (Å²) in [5.74, 6) is 0.686. The molecular weight excluding hydrogens is 370 g/mol. The van der Waals surface area contributed by atoms with Gasteiger partial charge in [-0.3, -0.25) is 14.5 Å². The van der Waals surface area contributed by atoms with E-state index in [1.165, 1.54) is 0 Å². The number of carbonyl (C=O) groups is 2. The number of amides is 2. The highest BCUT2D eigenvalue weighted by Gasteiger charge is 2.77. The van der Waals surface area contributed by atoms with E-state index in [1.807, 2.05) is 32.0 Å². The molecule has 4 aliphatic heterocycles. The second-order valence-corrected chi connectivity index (χ2v) is 8.61. The highest BCUT2D eigenvalue weighted by Crippen LogP contribution is 2.64. The van der Waals surface area contributed by atoms with Gasteiger partial charge in [-0.05, 0) is 38.8 Å². The molecule has 4 unspecified atom stereocenters. The fourth-order valence-electron chi connectivity index (χ4n) is 5.45. The zero-order valence-corrected chi connectivity index (χ0v) is 16.7. The number of nitrogens with one attached hydrogen (secondary N) is 1. The lowest BCUT2D eigenvalue weighted by atomic mass is 9.87. The number of epoxide rings is 1. The summed E-state index contributed by atoms with van der Waals surface area (Å²) in [5, 5.41) is 1.01. The molecule has 0 aliphatic carbocycles. The van der Waals surface area contributed by atoms with Gasteiger partial charge < -0.3 is 19.4 Å². The average Bonchev–Trinajstić information content (AvgIpc) is 3.08. The number of nitrogens with zero attached hydrogens (tertiary/aromatic N) is 2. The second kappa shape index (κ2) is 5.42. The lowest BCUT2D eigenvalue weighted by Gasteiger charge is -2.45. The van der Waals surface area contributed by atoms with E-state index >= 15 is 0 Å². The molecule has 150 valence electrons. The molecule has 1 spiro atoms. The van der Waals surface area contributed by atoms with E-state index in [1.54, 1.807) is 16.9 Å². The molecular formula is C22H23N3O4. The third kappa shape index (κ3) is 1.96. The largest absolute Gasteiger partial charge is 0.497 e. The van der Waals surface area contributed by atoms with E-state index in [0.29, 0.717) is 6.54 Å². The second-order valence-electron chi connectivity index (χ2n) is 8.61. The van der Waals surface area contributed by atoms with E-state index in [4.69, 9.17) is 9.47 Å². The minimum Gasteiger partial charge on any atom is -0.497 e. The maximum absolute atomic E-state index is 13.5. The Morgan fingerprint density at radius 1 is 1.34 bits per heavy atom.